The molecule has 12 heteroatoms. The first-order chi connectivity index (χ1) is 18.9. The number of halogens is 3. The second-order valence-electron chi connectivity index (χ2n) is 9.75. The number of amides is 1. The number of hydrogen-bond acceptors (Lipinski definition) is 8. The highest BCUT2D eigenvalue weighted by Crippen LogP contribution is 2.36. The first-order valence-electron chi connectivity index (χ1n) is 12.8. The Balaban J connectivity index is 1.67. The third-order valence-corrected chi connectivity index (χ3v) is 7.01. The van der Waals surface area contributed by atoms with E-state index in [2.05, 4.69) is 58.2 Å². The molecule has 212 valence electrons. The Bertz CT molecular complexity index is 1460. The van der Waals surface area contributed by atoms with E-state index >= 15 is 0 Å². The van der Waals surface area contributed by atoms with Crippen LogP contribution in [-0.2, 0) is 11.0 Å². The van der Waals surface area contributed by atoms with E-state index in [-0.39, 0.29) is 17.7 Å². The number of nitrogens with zero attached hydrogens (tertiary/aromatic N) is 4. The van der Waals surface area contributed by atoms with Gasteiger partial charge in [0.15, 0.2) is 10.9 Å². The van der Waals surface area contributed by atoms with Gasteiger partial charge < -0.3 is 15.4 Å². The number of nitrogens with one attached hydrogen (secondary N) is 2. The van der Waals surface area contributed by atoms with Crippen molar-refractivity contribution in [2.24, 2.45) is 0 Å². The highest BCUT2D eigenvalue weighted by Gasteiger charge is 2.30. The van der Waals surface area contributed by atoms with Crippen LogP contribution in [0.4, 0.5) is 24.3 Å². The average molecular weight is 573 g/mol. The van der Waals surface area contributed by atoms with Crippen LogP contribution in [0.25, 0.3) is 21.5 Å². The molecule has 0 fully saturated rings. The minimum Gasteiger partial charge on any atom is -0.437 e. The number of benzene rings is 2. The van der Waals surface area contributed by atoms with Gasteiger partial charge in [-0.3, -0.25) is 9.69 Å². The van der Waals surface area contributed by atoms with Crippen LogP contribution in [0, 0.1) is 0 Å². The zero-order chi connectivity index (χ0) is 29.0. The Hall–Kier alpha value is -3.77. The molecule has 1 amide bonds. The number of thiazole rings is 1. The van der Waals surface area contributed by atoms with Crippen LogP contribution >= 0.6 is 11.3 Å². The molecular formula is C28H31F3N6O2S. The molecule has 8 nitrogen and oxygen atoms in total. The van der Waals surface area contributed by atoms with E-state index in [9.17, 15) is 18.0 Å². The van der Waals surface area contributed by atoms with Gasteiger partial charge in [-0.2, -0.15) is 18.2 Å². The number of fused-ring (bicyclic) bond motifs is 1. The first kappa shape index (κ1) is 29.2. The van der Waals surface area contributed by atoms with Crippen molar-refractivity contribution >= 4 is 38.5 Å². The van der Waals surface area contributed by atoms with Gasteiger partial charge in [0.05, 0.1) is 16.0 Å². The van der Waals surface area contributed by atoms with E-state index in [0.29, 0.717) is 46.3 Å². The molecule has 0 radical (unpaired) electrons. The minimum absolute atomic E-state index is 0.193. The number of aromatic nitrogens is 3. The van der Waals surface area contributed by atoms with Crippen molar-refractivity contribution in [1.82, 2.24) is 19.9 Å². The normalized spacial score (nSPS) is 12.0. The molecule has 4 rings (SSSR count). The lowest BCUT2D eigenvalue weighted by Gasteiger charge is -2.30. The predicted molar refractivity (Wildman–Crippen MR) is 152 cm³/mol. The number of rotatable bonds is 10. The van der Waals surface area contributed by atoms with Gasteiger partial charge in [0.1, 0.15) is 5.52 Å². The van der Waals surface area contributed by atoms with Crippen LogP contribution in [0.2, 0.25) is 0 Å². The summed E-state index contributed by atoms with van der Waals surface area (Å²) in [5.41, 5.74) is 0.682. The van der Waals surface area contributed by atoms with Crippen molar-refractivity contribution in [2.75, 3.05) is 23.7 Å². The summed E-state index contributed by atoms with van der Waals surface area (Å²) in [6.45, 7) is 11.2. The Morgan fingerprint density at radius 1 is 1.02 bits per heavy atom. The van der Waals surface area contributed by atoms with Gasteiger partial charge in [-0.25, -0.2) is 9.97 Å². The summed E-state index contributed by atoms with van der Waals surface area (Å²) < 4.78 is 46.3. The maximum atomic E-state index is 13.1. The zero-order valence-electron chi connectivity index (χ0n) is 22.8. The van der Waals surface area contributed by atoms with Crippen molar-refractivity contribution in [1.29, 1.82) is 0 Å². The van der Waals surface area contributed by atoms with E-state index in [0.717, 1.165) is 23.4 Å². The molecule has 0 saturated heterocycles. The van der Waals surface area contributed by atoms with E-state index in [1.54, 1.807) is 18.2 Å². The van der Waals surface area contributed by atoms with Crippen LogP contribution in [0.3, 0.4) is 0 Å². The molecule has 0 saturated carbocycles. The fourth-order valence-corrected chi connectivity index (χ4v) is 5.20. The molecule has 40 heavy (non-hydrogen) atoms. The van der Waals surface area contributed by atoms with Crippen LogP contribution in [-0.4, -0.2) is 50.9 Å². The number of carbonyl (C=O) groups is 1. The number of ether oxygens (including phenoxy) is 1. The third kappa shape index (κ3) is 7.24. The summed E-state index contributed by atoms with van der Waals surface area (Å²) in [7, 11) is 0. The van der Waals surface area contributed by atoms with Gasteiger partial charge in [-0.05, 0) is 52.0 Å². The average Bonchev–Trinajstić information content (AvgIpc) is 3.28. The summed E-state index contributed by atoms with van der Waals surface area (Å²) in [5, 5.41) is 6.35. The Kier molecular flexibility index (Phi) is 8.89. The van der Waals surface area contributed by atoms with E-state index < -0.39 is 11.7 Å². The molecule has 0 aliphatic carbocycles. The molecule has 2 aromatic heterocycles. The summed E-state index contributed by atoms with van der Waals surface area (Å²) in [5.74, 6) is 0.657. The Labute approximate surface area is 234 Å². The standard InChI is InChI=1S/C28H31F3N6O2S/c1-16(2)37(17(3)4)14-13-32-26-34-21(19-9-11-20(12-10-19)28(29,30)31)15-24(35-26)39-22-7-6-8-23-25(22)36-27(40-23)33-18(5)38/h6-12,15-17H,13-14H2,1-5H3,(H,32,34,35)(H,33,36,38). The maximum Gasteiger partial charge on any atom is 0.416 e. The van der Waals surface area contributed by atoms with Crippen molar-refractivity contribution in [2.45, 2.75) is 52.9 Å². The van der Waals surface area contributed by atoms with Crippen LogP contribution in [0.15, 0.2) is 48.5 Å². The van der Waals surface area contributed by atoms with Crippen LogP contribution < -0.4 is 15.4 Å². The van der Waals surface area contributed by atoms with E-state index in [4.69, 9.17) is 4.74 Å². The smallest absolute Gasteiger partial charge is 0.416 e. The SMILES string of the molecule is CC(=O)Nc1nc2c(Oc3cc(-c4ccc(C(F)(F)F)cc4)nc(NCCN(C(C)C)C(C)C)n3)cccc2s1. The molecule has 0 unspecified atom stereocenters. The summed E-state index contributed by atoms with van der Waals surface area (Å²) >= 11 is 1.31. The first-order valence-corrected chi connectivity index (χ1v) is 13.6. The maximum absolute atomic E-state index is 13.1. The molecule has 0 aliphatic rings. The largest absolute Gasteiger partial charge is 0.437 e. The zero-order valence-corrected chi connectivity index (χ0v) is 23.7. The number of anilines is 2. The number of alkyl halides is 3. The lowest BCUT2D eigenvalue weighted by molar-refractivity contribution is -0.137. The monoisotopic (exact) mass is 572 g/mol. The lowest BCUT2D eigenvalue weighted by Crippen LogP contribution is -2.40. The second kappa shape index (κ2) is 12.2. The number of carbonyl (C=O) groups excluding carboxylic acids is 1. The van der Waals surface area contributed by atoms with Crippen molar-refractivity contribution in [3.05, 3.63) is 54.1 Å². The fraction of sp³-hybridized carbons (Fsp3) is 0.357. The van der Waals surface area contributed by atoms with E-state index in [1.807, 2.05) is 6.07 Å². The van der Waals surface area contributed by atoms with Crippen molar-refractivity contribution in [3.8, 4) is 22.9 Å². The topological polar surface area (TPSA) is 92.3 Å². The molecule has 0 atom stereocenters. The third-order valence-electron chi connectivity index (χ3n) is 6.07. The molecule has 0 aliphatic heterocycles. The van der Waals surface area contributed by atoms with Crippen molar-refractivity contribution in [3.63, 3.8) is 0 Å². The van der Waals surface area contributed by atoms with E-state index in [1.165, 1.54) is 30.4 Å². The fourth-order valence-electron chi connectivity index (χ4n) is 4.27. The molecule has 2 heterocycles. The lowest BCUT2D eigenvalue weighted by atomic mass is 10.1. The molecule has 0 spiro atoms. The molecule has 4 aromatic rings. The molecular weight excluding hydrogens is 541 g/mol. The number of hydrogen-bond donors (Lipinski definition) is 2. The summed E-state index contributed by atoms with van der Waals surface area (Å²) in [6.07, 6.45) is -4.44. The van der Waals surface area contributed by atoms with Gasteiger partial charge in [-0.15, -0.1) is 0 Å². The van der Waals surface area contributed by atoms with Gasteiger partial charge >= 0.3 is 6.18 Å². The second-order valence-corrected chi connectivity index (χ2v) is 10.8. The van der Waals surface area contributed by atoms with Crippen LogP contribution in [0.5, 0.6) is 11.6 Å². The summed E-state index contributed by atoms with van der Waals surface area (Å²) in [6, 6.07) is 12.5. The van der Waals surface area contributed by atoms with Gasteiger partial charge in [0, 0.05) is 43.7 Å². The highest BCUT2D eigenvalue weighted by molar-refractivity contribution is 7.22. The van der Waals surface area contributed by atoms with Gasteiger partial charge in [0.25, 0.3) is 0 Å². The number of para-hydroxylation sites is 1. The van der Waals surface area contributed by atoms with Gasteiger partial charge in [-0.1, -0.05) is 29.5 Å². The van der Waals surface area contributed by atoms with Crippen molar-refractivity contribution < 1.29 is 22.7 Å². The molecule has 2 N–H and O–H groups in total. The highest BCUT2D eigenvalue weighted by atomic mass is 32.1. The molecule has 0 bridgehead atoms. The molecule has 2 aromatic carbocycles. The van der Waals surface area contributed by atoms with Crippen LogP contribution in [0.1, 0.15) is 40.2 Å². The summed E-state index contributed by atoms with van der Waals surface area (Å²) in [4.78, 5) is 27.4. The Morgan fingerprint density at radius 2 is 1.73 bits per heavy atom. The minimum atomic E-state index is -4.44. The quantitative estimate of drug-likeness (QED) is 0.210. The Morgan fingerprint density at radius 3 is 2.35 bits per heavy atom. The predicted octanol–water partition coefficient (Wildman–Crippen LogP) is 7.05. The van der Waals surface area contributed by atoms with Gasteiger partial charge in [0.2, 0.25) is 17.7 Å².